The maximum absolute atomic E-state index is 3.75. The van der Waals surface area contributed by atoms with Gasteiger partial charge in [0.2, 0.25) is 0 Å². The average molecular weight is 274 g/mol. The van der Waals surface area contributed by atoms with Gasteiger partial charge in [-0.2, -0.15) is 0 Å². The first-order valence-electron chi connectivity index (χ1n) is 8.04. The molecule has 0 saturated heterocycles. The van der Waals surface area contributed by atoms with Crippen molar-refractivity contribution in [1.29, 1.82) is 0 Å². The lowest BCUT2D eigenvalue weighted by Crippen LogP contribution is -2.52. The number of hydrogen-bond donors (Lipinski definition) is 1. The van der Waals surface area contributed by atoms with Crippen LogP contribution in [-0.4, -0.2) is 26.2 Å². The number of hydrogen-bond acceptors (Lipinski definition) is 2. The Labute approximate surface area is 124 Å². The molecule has 1 aromatic carbocycles. The Morgan fingerprint density at radius 3 is 2.60 bits per heavy atom. The third-order valence-corrected chi connectivity index (χ3v) is 4.84. The highest BCUT2D eigenvalue weighted by molar-refractivity contribution is 5.45. The van der Waals surface area contributed by atoms with E-state index in [9.17, 15) is 0 Å². The molecule has 1 aliphatic rings. The molecule has 1 N–H and O–H groups in total. The van der Waals surface area contributed by atoms with E-state index in [0.717, 1.165) is 19.0 Å². The van der Waals surface area contributed by atoms with Crippen molar-refractivity contribution in [1.82, 2.24) is 5.32 Å². The van der Waals surface area contributed by atoms with E-state index in [-0.39, 0.29) is 0 Å². The molecule has 1 fully saturated rings. The standard InChI is InChI=1S/C18H30N2/c1-5-19-17-15(10-9-13-18(17,2)3)14-20(4)16-11-7-6-8-12-16/h6-8,11-12,15,17,19H,5,9-10,13-14H2,1-4H3. The van der Waals surface area contributed by atoms with E-state index in [2.05, 4.69) is 68.4 Å². The van der Waals surface area contributed by atoms with Gasteiger partial charge in [-0.1, -0.05) is 45.4 Å². The van der Waals surface area contributed by atoms with E-state index < -0.39 is 0 Å². The fourth-order valence-corrected chi connectivity index (χ4v) is 3.78. The molecule has 0 aromatic heterocycles. The quantitative estimate of drug-likeness (QED) is 0.875. The highest BCUT2D eigenvalue weighted by Crippen LogP contribution is 2.39. The molecular weight excluding hydrogens is 244 g/mol. The van der Waals surface area contributed by atoms with Gasteiger partial charge >= 0.3 is 0 Å². The lowest BCUT2D eigenvalue weighted by Gasteiger charge is -2.46. The summed E-state index contributed by atoms with van der Waals surface area (Å²) < 4.78 is 0. The maximum atomic E-state index is 3.75. The fraction of sp³-hybridized carbons (Fsp3) is 0.667. The monoisotopic (exact) mass is 274 g/mol. The van der Waals surface area contributed by atoms with Crippen LogP contribution in [0.3, 0.4) is 0 Å². The molecule has 1 aliphatic carbocycles. The van der Waals surface area contributed by atoms with Gasteiger partial charge in [0.15, 0.2) is 0 Å². The van der Waals surface area contributed by atoms with E-state index in [1.54, 1.807) is 0 Å². The van der Waals surface area contributed by atoms with Gasteiger partial charge in [0, 0.05) is 25.3 Å². The predicted octanol–water partition coefficient (Wildman–Crippen LogP) is 3.93. The summed E-state index contributed by atoms with van der Waals surface area (Å²) in [6, 6.07) is 11.4. The minimum absolute atomic E-state index is 0.413. The molecular formula is C18H30N2. The molecule has 2 heteroatoms. The van der Waals surface area contributed by atoms with Crippen LogP contribution in [0.1, 0.15) is 40.0 Å². The SMILES string of the molecule is CCNC1C(CN(C)c2ccccc2)CCCC1(C)C. The van der Waals surface area contributed by atoms with Crippen LogP contribution in [0.5, 0.6) is 0 Å². The maximum Gasteiger partial charge on any atom is 0.0363 e. The molecule has 20 heavy (non-hydrogen) atoms. The van der Waals surface area contributed by atoms with E-state index in [4.69, 9.17) is 0 Å². The molecule has 0 radical (unpaired) electrons. The van der Waals surface area contributed by atoms with Crippen LogP contribution in [0.4, 0.5) is 5.69 Å². The van der Waals surface area contributed by atoms with E-state index in [0.29, 0.717) is 11.5 Å². The second-order valence-electron chi connectivity index (χ2n) is 6.89. The highest BCUT2D eigenvalue weighted by Gasteiger charge is 2.38. The van der Waals surface area contributed by atoms with Crippen LogP contribution in [0.2, 0.25) is 0 Å². The average Bonchev–Trinajstić information content (AvgIpc) is 2.43. The van der Waals surface area contributed by atoms with Crippen LogP contribution >= 0.6 is 0 Å². The van der Waals surface area contributed by atoms with Crippen LogP contribution in [-0.2, 0) is 0 Å². The Balaban J connectivity index is 2.06. The van der Waals surface area contributed by atoms with Crippen LogP contribution in [0.15, 0.2) is 30.3 Å². The second-order valence-corrected chi connectivity index (χ2v) is 6.89. The Morgan fingerprint density at radius 2 is 1.95 bits per heavy atom. The summed E-state index contributed by atoms with van der Waals surface area (Å²) in [6.45, 7) is 9.29. The smallest absolute Gasteiger partial charge is 0.0363 e. The van der Waals surface area contributed by atoms with Crippen molar-refractivity contribution >= 4 is 5.69 Å². The Hall–Kier alpha value is -1.02. The zero-order chi connectivity index (χ0) is 14.6. The molecule has 2 rings (SSSR count). The fourth-order valence-electron chi connectivity index (χ4n) is 3.78. The Morgan fingerprint density at radius 1 is 1.25 bits per heavy atom. The van der Waals surface area contributed by atoms with Crippen molar-refractivity contribution in [2.45, 2.75) is 46.1 Å². The van der Waals surface area contributed by atoms with Crippen molar-refractivity contribution < 1.29 is 0 Å². The van der Waals surface area contributed by atoms with Crippen molar-refractivity contribution in [2.75, 3.05) is 25.0 Å². The summed E-state index contributed by atoms with van der Waals surface area (Å²) in [5.74, 6) is 0.740. The van der Waals surface area contributed by atoms with Gasteiger partial charge in [0.25, 0.3) is 0 Å². The van der Waals surface area contributed by atoms with E-state index >= 15 is 0 Å². The minimum Gasteiger partial charge on any atom is -0.374 e. The highest BCUT2D eigenvalue weighted by atomic mass is 15.1. The molecule has 112 valence electrons. The van der Waals surface area contributed by atoms with E-state index in [1.165, 1.54) is 24.9 Å². The number of benzene rings is 1. The molecule has 1 saturated carbocycles. The van der Waals surface area contributed by atoms with Crippen LogP contribution in [0.25, 0.3) is 0 Å². The third-order valence-electron chi connectivity index (χ3n) is 4.84. The summed E-state index contributed by atoms with van der Waals surface area (Å²) >= 11 is 0. The molecule has 0 aliphatic heterocycles. The lowest BCUT2D eigenvalue weighted by atomic mass is 9.67. The van der Waals surface area contributed by atoms with Crippen molar-refractivity contribution in [2.24, 2.45) is 11.3 Å². The number of nitrogens with zero attached hydrogens (tertiary/aromatic N) is 1. The first kappa shape index (κ1) is 15.4. The van der Waals surface area contributed by atoms with Gasteiger partial charge in [-0.15, -0.1) is 0 Å². The van der Waals surface area contributed by atoms with Gasteiger partial charge in [-0.3, -0.25) is 0 Å². The summed E-state index contributed by atoms with van der Waals surface area (Å²) in [6.07, 6.45) is 4.05. The summed E-state index contributed by atoms with van der Waals surface area (Å²) in [7, 11) is 2.22. The molecule has 0 heterocycles. The molecule has 0 spiro atoms. The Kier molecular flexibility index (Phi) is 5.09. The van der Waals surface area contributed by atoms with Crippen molar-refractivity contribution in [3.05, 3.63) is 30.3 Å². The first-order chi connectivity index (χ1) is 9.54. The van der Waals surface area contributed by atoms with Crippen LogP contribution < -0.4 is 10.2 Å². The van der Waals surface area contributed by atoms with E-state index in [1.807, 2.05) is 0 Å². The zero-order valence-electron chi connectivity index (χ0n) is 13.5. The number of rotatable bonds is 5. The molecule has 1 aromatic rings. The van der Waals surface area contributed by atoms with Gasteiger partial charge < -0.3 is 10.2 Å². The topological polar surface area (TPSA) is 15.3 Å². The van der Waals surface area contributed by atoms with Crippen LogP contribution in [0, 0.1) is 11.3 Å². The molecule has 0 bridgehead atoms. The normalized spacial score (nSPS) is 25.4. The largest absolute Gasteiger partial charge is 0.374 e. The summed E-state index contributed by atoms with van der Waals surface area (Å²) in [4.78, 5) is 2.41. The second kappa shape index (κ2) is 6.62. The van der Waals surface area contributed by atoms with Gasteiger partial charge in [-0.25, -0.2) is 0 Å². The minimum atomic E-state index is 0.413. The predicted molar refractivity (Wildman–Crippen MR) is 88.3 cm³/mol. The van der Waals surface area contributed by atoms with Gasteiger partial charge in [0.05, 0.1) is 0 Å². The number of nitrogens with one attached hydrogen (secondary N) is 1. The number of para-hydroxylation sites is 1. The van der Waals surface area contributed by atoms with Crippen molar-refractivity contribution in [3.8, 4) is 0 Å². The summed E-state index contributed by atoms with van der Waals surface area (Å²) in [5, 5.41) is 3.75. The lowest BCUT2D eigenvalue weighted by molar-refractivity contribution is 0.113. The molecule has 0 amide bonds. The Bertz CT molecular complexity index is 399. The van der Waals surface area contributed by atoms with Crippen molar-refractivity contribution in [3.63, 3.8) is 0 Å². The third kappa shape index (κ3) is 3.54. The molecule has 2 atom stereocenters. The van der Waals surface area contributed by atoms with Gasteiger partial charge in [-0.05, 0) is 42.9 Å². The zero-order valence-corrected chi connectivity index (χ0v) is 13.5. The first-order valence-corrected chi connectivity index (χ1v) is 8.04. The number of anilines is 1. The van der Waals surface area contributed by atoms with Gasteiger partial charge in [0.1, 0.15) is 0 Å². The molecule has 2 nitrogen and oxygen atoms in total. The summed E-state index contributed by atoms with van der Waals surface area (Å²) in [5.41, 5.74) is 1.74. The molecule has 2 unspecified atom stereocenters.